The van der Waals surface area contributed by atoms with Gasteiger partial charge < -0.3 is 34.0 Å². The Morgan fingerprint density at radius 1 is 0.800 bits per heavy atom. The second-order valence-electron chi connectivity index (χ2n) is 11.2. The molecule has 0 aliphatic carbocycles. The zero-order valence-electron chi connectivity index (χ0n) is 28.1. The van der Waals surface area contributed by atoms with Crippen molar-refractivity contribution in [3.63, 3.8) is 0 Å². The van der Waals surface area contributed by atoms with E-state index in [1.165, 1.54) is 47.5 Å². The summed E-state index contributed by atoms with van der Waals surface area (Å²) in [6.07, 6.45) is 1.65. The zero-order chi connectivity index (χ0) is 35.4. The molecule has 0 saturated carbocycles. The summed E-state index contributed by atoms with van der Waals surface area (Å²) in [5, 5.41) is 4.86. The molecule has 254 valence electrons. The first-order valence-corrected chi connectivity index (χ1v) is 15.6. The molecule has 4 aromatic carbocycles. The minimum atomic E-state index is -0.524. The van der Waals surface area contributed by atoms with Crippen LogP contribution in [0, 0.1) is 5.82 Å². The predicted molar refractivity (Wildman–Crippen MR) is 189 cm³/mol. The standard InChI is InChI=1S/C39H34FN3O7/c1-22(44)50-33-16-23(13-14-32(33)46-2)15-29(25-18-34(47-3)38(49-5)35(19-25)48-4)39(45)41-21-27-20-30-28-11-6-7-12-31(28)43-37(30)36(42-27)24-9-8-10-26(40)17-24/h6-20,43H,21H2,1-5H3,(H,41,45)/b29-15+. The second-order valence-corrected chi connectivity index (χ2v) is 11.2. The fourth-order valence-electron chi connectivity index (χ4n) is 5.80. The SMILES string of the molecule is COc1ccc(/C=C(/C(=O)NCc2cc3c([nH]c4ccccc43)c(-c3cccc(F)c3)n2)c2cc(OC)c(OC)c(OC)c2)cc1OC(C)=O. The molecule has 50 heavy (non-hydrogen) atoms. The Hall–Kier alpha value is -6.36. The van der Waals surface area contributed by atoms with Gasteiger partial charge in [0.15, 0.2) is 23.0 Å². The number of H-pyrrole nitrogens is 1. The summed E-state index contributed by atoms with van der Waals surface area (Å²) in [5.74, 6) is 0.248. The molecule has 2 aromatic heterocycles. The Morgan fingerprint density at radius 3 is 2.22 bits per heavy atom. The molecular formula is C39H34FN3O7. The monoisotopic (exact) mass is 675 g/mol. The number of amides is 1. The van der Waals surface area contributed by atoms with Gasteiger partial charge in [-0.3, -0.25) is 9.59 Å². The summed E-state index contributed by atoms with van der Waals surface area (Å²) >= 11 is 0. The number of esters is 1. The number of aromatic amines is 1. The summed E-state index contributed by atoms with van der Waals surface area (Å²) in [7, 11) is 5.94. The molecule has 0 saturated heterocycles. The molecule has 0 spiro atoms. The Morgan fingerprint density at radius 2 is 1.54 bits per heavy atom. The van der Waals surface area contributed by atoms with Crippen molar-refractivity contribution >= 4 is 45.3 Å². The number of para-hydroxylation sites is 1. The summed E-state index contributed by atoms with van der Waals surface area (Å²) in [5.41, 5.74) is 4.61. The number of pyridine rings is 1. The van der Waals surface area contributed by atoms with Gasteiger partial charge in [-0.2, -0.15) is 0 Å². The van der Waals surface area contributed by atoms with Crippen LogP contribution in [0.5, 0.6) is 28.7 Å². The van der Waals surface area contributed by atoms with Gasteiger partial charge in [-0.05, 0) is 65.7 Å². The van der Waals surface area contributed by atoms with Crippen molar-refractivity contribution in [2.24, 2.45) is 0 Å². The number of methoxy groups -OCH3 is 4. The fraction of sp³-hybridized carbons (Fsp3) is 0.154. The number of aromatic nitrogens is 2. The van der Waals surface area contributed by atoms with Crippen molar-refractivity contribution in [3.05, 3.63) is 108 Å². The molecular weight excluding hydrogens is 641 g/mol. The second kappa shape index (κ2) is 14.4. The van der Waals surface area contributed by atoms with Gasteiger partial charge in [-0.25, -0.2) is 9.37 Å². The first-order valence-electron chi connectivity index (χ1n) is 15.6. The number of halogens is 1. The number of nitrogens with one attached hydrogen (secondary N) is 2. The molecule has 0 radical (unpaired) electrons. The number of nitrogens with zero attached hydrogens (tertiary/aromatic N) is 1. The smallest absolute Gasteiger partial charge is 0.308 e. The Kier molecular flexibility index (Phi) is 9.66. The van der Waals surface area contributed by atoms with Crippen LogP contribution in [0.3, 0.4) is 0 Å². The molecule has 10 nitrogen and oxygen atoms in total. The van der Waals surface area contributed by atoms with E-state index in [0.717, 1.165) is 21.8 Å². The minimum absolute atomic E-state index is 0.0413. The Bertz CT molecular complexity index is 2250. The van der Waals surface area contributed by atoms with Crippen LogP contribution in [0.1, 0.15) is 23.7 Å². The molecule has 0 unspecified atom stereocenters. The maximum atomic E-state index is 14.4. The molecule has 6 rings (SSSR count). The molecule has 11 heteroatoms. The summed E-state index contributed by atoms with van der Waals surface area (Å²) in [6.45, 7) is 1.33. The van der Waals surface area contributed by atoms with Crippen LogP contribution in [-0.2, 0) is 16.1 Å². The normalized spacial score (nSPS) is 11.4. The van der Waals surface area contributed by atoms with Gasteiger partial charge in [0, 0.05) is 34.3 Å². The third kappa shape index (κ3) is 6.79. The number of rotatable bonds is 11. The van der Waals surface area contributed by atoms with Gasteiger partial charge >= 0.3 is 5.97 Å². The minimum Gasteiger partial charge on any atom is -0.493 e. The van der Waals surface area contributed by atoms with Crippen molar-refractivity contribution in [2.45, 2.75) is 13.5 Å². The van der Waals surface area contributed by atoms with Crippen molar-refractivity contribution in [3.8, 4) is 40.0 Å². The van der Waals surface area contributed by atoms with Crippen LogP contribution in [0.2, 0.25) is 0 Å². The highest BCUT2D eigenvalue weighted by molar-refractivity contribution is 6.24. The average Bonchev–Trinajstić information content (AvgIpc) is 3.50. The molecule has 0 aliphatic heterocycles. The molecule has 0 bridgehead atoms. The molecule has 2 N–H and O–H groups in total. The Labute approximate surface area is 287 Å². The summed E-state index contributed by atoms with van der Waals surface area (Å²) in [6, 6.07) is 24.3. The third-order valence-electron chi connectivity index (χ3n) is 8.05. The fourth-order valence-corrected chi connectivity index (χ4v) is 5.80. The van der Waals surface area contributed by atoms with E-state index in [-0.39, 0.29) is 23.7 Å². The van der Waals surface area contributed by atoms with E-state index in [9.17, 15) is 14.0 Å². The molecule has 0 fully saturated rings. The number of carbonyl (C=O) groups is 2. The highest BCUT2D eigenvalue weighted by Crippen LogP contribution is 2.41. The topological polar surface area (TPSA) is 121 Å². The number of benzene rings is 4. The van der Waals surface area contributed by atoms with E-state index in [1.807, 2.05) is 30.3 Å². The van der Waals surface area contributed by atoms with Crippen LogP contribution in [-0.4, -0.2) is 50.3 Å². The van der Waals surface area contributed by atoms with Gasteiger partial charge in [0.25, 0.3) is 5.91 Å². The molecule has 2 heterocycles. The maximum absolute atomic E-state index is 14.4. The van der Waals surface area contributed by atoms with E-state index in [1.54, 1.807) is 48.5 Å². The van der Waals surface area contributed by atoms with E-state index in [4.69, 9.17) is 28.7 Å². The lowest BCUT2D eigenvalue weighted by atomic mass is 10.00. The number of hydrogen-bond donors (Lipinski definition) is 2. The van der Waals surface area contributed by atoms with Gasteiger partial charge in [0.05, 0.1) is 51.9 Å². The predicted octanol–water partition coefficient (Wildman–Crippen LogP) is 7.34. The highest BCUT2D eigenvalue weighted by Gasteiger charge is 2.21. The third-order valence-corrected chi connectivity index (χ3v) is 8.05. The first kappa shape index (κ1) is 33.5. The van der Waals surface area contributed by atoms with Crippen molar-refractivity contribution < 1.29 is 37.7 Å². The summed E-state index contributed by atoms with van der Waals surface area (Å²) < 4.78 is 41.7. The lowest BCUT2D eigenvalue weighted by Gasteiger charge is -2.16. The van der Waals surface area contributed by atoms with Crippen LogP contribution in [0.15, 0.2) is 84.9 Å². The molecule has 0 atom stereocenters. The van der Waals surface area contributed by atoms with Crippen LogP contribution < -0.4 is 29.0 Å². The number of carbonyl (C=O) groups excluding carboxylic acids is 2. The molecule has 6 aromatic rings. The van der Waals surface area contributed by atoms with Gasteiger partial charge in [0.2, 0.25) is 5.75 Å². The molecule has 1 amide bonds. The first-order chi connectivity index (χ1) is 24.2. The summed E-state index contributed by atoms with van der Waals surface area (Å²) in [4.78, 5) is 34.3. The van der Waals surface area contributed by atoms with Crippen LogP contribution in [0.25, 0.3) is 44.7 Å². The maximum Gasteiger partial charge on any atom is 0.308 e. The lowest BCUT2D eigenvalue weighted by molar-refractivity contribution is -0.132. The van der Waals surface area contributed by atoms with E-state index >= 15 is 0 Å². The van der Waals surface area contributed by atoms with E-state index in [2.05, 4.69) is 10.3 Å². The van der Waals surface area contributed by atoms with Crippen molar-refractivity contribution in [1.29, 1.82) is 0 Å². The van der Waals surface area contributed by atoms with Crippen LogP contribution in [0.4, 0.5) is 4.39 Å². The van der Waals surface area contributed by atoms with Crippen molar-refractivity contribution in [1.82, 2.24) is 15.3 Å². The highest BCUT2D eigenvalue weighted by atomic mass is 19.1. The van der Waals surface area contributed by atoms with Crippen LogP contribution >= 0.6 is 0 Å². The number of hydrogen-bond acceptors (Lipinski definition) is 8. The van der Waals surface area contributed by atoms with Crippen molar-refractivity contribution in [2.75, 3.05) is 28.4 Å². The van der Waals surface area contributed by atoms with Gasteiger partial charge in [-0.15, -0.1) is 0 Å². The largest absolute Gasteiger partial charge is 0.493 e. The quantitative estimate of drug-likeness (QED) is 0.0634. The van der Waals surface area contributed by atoms with Gasteiger partial charge in [-0.1, -0.05) is 36.4 Å². The lowest BCUT2D eigenvalue weighted by Crippen LogP contribution is -2.24. The zero-order valence-corrected chi connectivity index (χ0v) is 28.1. The van der Waals surface area contributed by atoms with E-state index < -0.39 is 11.9 Å². The van der Waals surface area contributed by atoms with E-state index in [0.29, 0.717) is 51.1 Å². The molecule has 0 aliphatic rings. The average molecular weight is 676 g/mol. The number of ether oxygens (including phenoxy) is 5. The Balaban J connectivity index is 1.44. The van der Waals surface area contributed by atoms with Gasteiger partial charge in [0.1, 0.15) is 5.82 Å². The number of fused-ring (bicyclic) bond motifs is 3.